The first-order valence-corrected chi connectivity index (χ1v) is 9.80. The van der Waals surface area contributed by atoms with Gasteiger partial charge in [0, 0.05) is 0 Å². The summed E-state index contributed by atoms with van der Waals surface area (Å²) in [4.78, 5) is 0.0495. The van der Waals surface area contributed by atoms with Crippen LogP contribution >= 0.6 is 0 Å². The third kappa shape index (κ3) is 3.94. The van der Waals surface area contributed by atoms with E-state index >= 15 is 0 Å². The Morgan fingerprint density at radius 2 is 1.81 bits per heavy atom. The molecule has 0 bridgehead atoms. The number of fused-ring (bicyclic) bond motifs is 1. The predicted molar refractivity (Wildman–Crippen MR) is 89.9 cm³/mol. The lowest BCUT2D eigenvalue weighted by Gasteiger charge is -2.25. The van der Waals surface area contributed by atoms with Crippen LogP contribution in [-0.4, -0.2) is 68.2 Å². The number of aryl methyl sites for hydroxylation is 1. The van der Waals surface area contributed by atoms with Crippen LogP contribution < -0.4 is 0 Å². The Balaban J connectivity index is 1.72. The summed E-state index contributed by atoms with van der Waals surface area (Å²) in [6.07, 6.45) is -3.98. The van der Waals surface area contributed by atoms with Crippen LogP contribution in [0.2, 0.25) is 0 Å². The van der Waals surface area contributed by atoms with Gasteiger partial charge in [-0.2, -0.15) is 8.42 Å². The molecule has 8 nitrogen and oxygen atoms in total. The van der Waals surface area contributed by atoms with Crippen molar-refractivity contribution in [3.05, 3.63) is 29.8 Å². The van der Waals surface area contributed by atoms with Crippen molar-refractivity contribution in [1.29, 1.82) is 0 Å². The normalized spacial score (nSPS) is 31.7. The lowest BCUT2D eigenvalue weighted by Crippen LogP contribution is -2.40. The largest absolute Gasteiger partial charge is 0.394 e. The van der Waals surface area contributed by atoms with Crippen molar-refractivity contribution in [2.45, 2.75) is 62.0 Å². The molecular formula is C17H24O8S. The highest BCUT2D eigenvalue weighted by Crippen LogP contribution is 2.40. The van der Waals surface area contributed by atoms with E-state index in [1.54, 1.807) is 26.0 Å². The molecule has 2 aliphatic heterocycles. The molecule has 2 fully saturated rings. The van der Waals surface area contributed by atoms with Gasteiger partial charge in [-0.05, 0) is 32.9 Å². The van der Waals surface area contributed by atoms with Gasteiger partial charge in [0.05, 0.1) is 18.1 Å². The Kier molecular flexibility index (Phi) is 5.42. The second-order valence-electron chi connectivity index (χ2n) is 7.01. The Hall–Kier alpha value is -1.07. The van der Waals surface area contributed by atoms with Crippen LogP contribution in [0.5, 0.6) is 0 Å². The Morgan fingerprint density at radius 3 is 2.42 bits per heavy atom. The monoisotopic (exact) mass is 388 g/mol. The molecule has 0 radical (unpaired) electrons. The van der Waals surface area contributed by atoms with Crippen molar-refractivity contribution in [2.24, 2.45) is 0 Å². The molecule has 26 heavy (non-hydrogen) atoms. The summed E-state index contributed by atoms with van der Waals surface area (Å²) in [6, 6.07) is 6.31. The predicted octanol–water partition coefficient (Wildman–Crippen LogP) is 0.341. The summed E-state index contributed by atoms with van der Waals surface area (Å²) in [6.45, 7) is 4.50. The Morgan fingerprint density at radius 1 is 1.19 bits per heavy atom. The van der Waals surface area contributed by atoms with E-state index in [1.807, 2.05) is 6.92 Å². The fourth-order valence-corrected chi connectivity index (χ4v) is 4.11. The fourth-order valence-electron chi connectivity index (χ4n) is 3.19. The van der Waals surface area contributed by atoms with Gasteiger partial charge in [0.1, 0.15) is 30.5 Å². The molecule has 0 aromatic heterocycles. The molecule has 0 aliphatic carbocycles. The highest BCUT2D eigenvalue weighted by Gasteiger charge is 2.57. The van der Waals surface area contributed by atoms with Crippen LogP contribution in [0.1, 0.15) is 19.4 Å². The van der Waals surface area contributed by atoms with E-state index in [0.29, 0.717) is 0 Å². The molecule has 0 spiro atoms. The molecule has 1 aromatic rings. The van der Waals surface area contributed by atoms with Crippen molar-refractivity contribution in [1.82, 2.24) is 0 Å². The summed E-state index contributed by atoms with van der Waals surface area (Å²) in [5.41, 5.74) is 0.936. The second-order valence-corrected chi connectivity index (χ2v) is 8.62. The molecule has 2 aliphatic rings. The summed E-state index contributed by atoms with van der Waals surface area (Å²) in [5.74, 6) is -0.902. The quantitative estimate of drug-likeness (QED) is 0.671. The Labute approximate surface area is 152 Å². The van der Waals surface area contributed by atoms with Crippen molar-refractivity contribution in [3.63, 3.8) is 0 Å². The fraction of sp³-hybridized carbons (Fsp3) is 0.647. The van der Waals surface area contributed by atoms with E-state index in [4.69, 9.17) is 18.4 Å². The molecule has 1 unspecified atom stereocenters. The lowest BCUT2D eigenvalue weighted by molar-refractivity contribution is -0.201. The van der Waals surface area contributed by atoms with E-state index < -0.39 is 53.0 Å². The number of aliphatic hydroxyl groups is 2. The molecule has 3 rings (SSSR count). The van der Waals surface area contributed by atoms with E-state index in [1.165, 1.54) is 12.1 Å². The number of benzene rings is 1. The zero-order valence-corrected chi connectivity index (χ0v) is 15.7. The van der Waals surface area contributed by atoms with Gasteiger partial charge in [0.15, 0.2) is 5.79 Å². The number of rotatable bonds is 6. The summed E-state index contributed by atoms with van der Waals surface area (Å²) >= 11 is 0. The second kappa shape index (κ2) is 7.16. The standard InChI is InChI=1S/C17H24O8S/c1-10-4-6-11(7-5-10)26(20,21)22-9-13-15-16(25-17(2,3)24-15)14(23-13)12(19)8-18/h4-7,12-16,18-19H,8-9H2,1-3H3/t12-,13?,14-,15-,16+/m1/s1. The minimum absolute atomic E-state index is 0.0495. The molecule has 5 atom stereocenters. The van der Waals surface area contributed by atoms with Crippen molar-refractivity contribution in [3.8, 4) is 0 Å². The third-order valence-electron chi connectivity index (χ3n) is 4.45. The van der Waals surface area contributed by atoms with E-state index in [9.17, 15) is 18.6 Å². The van der Waals surface area contributed by atoms with E-state index in [-0.39, 0.29) is 11.5 Å². The van der Waals surface area contributed by atoms with Crippen molar-refractivity contribution < 1.29 is 37.0 Å². The number of hydrogen-bond donors (Lipinski definition) is 2. The van der Waals surface area contributed by atoms with Gasteiger partial charge >= 0.3 is 0 Å². The van der Waals surface area contributed by atoms with Crippen molar-refractivity contribution in [2.75, 3.05) is 13.2 Å². The minimum Gasteiger partial charge on any atom is -0.394 e. The van der Waals surface area contributed by atoms with Crippen LogP contribution in [0, 0.1) is 6.92 Å². The topological polar surface area (TPSA) is 112 Å². The molecule has 146 valence electrons. The van der Waals surface area contributed by atoms with Crippen LogP contribution in [0.25, 0.3) is 0 Å². The lowest BCUT2D eigenvalue weighted by atomic mass is 10.0. The zero-order chi connectivity index (χ0) is 19.1. The van der Waals surface area contributed by atoms with E-state index in [0.717, 1.165) is 5.56 Å². The average molecular weight is 388 g/mol. The highest BCUT2D eigenvalue weighted by atomic mass is 32.2. The van der Waals surface area contributed by atoms with Crippen LogP contribution in [0.4, 0.5) is 0 Å². The minimum atomic E-state index is -3.95. The van der Waals surface area contributed by atoms with Crippen LogP contribution in [0.15, 0.2) is 29.2 Å². The van der Waals surface area contributed by atoms with Gasteiger partial charge in [0.25, 0.3) is 10.1 Å². The maximum Gasteiger partial charge on any atom is 0.297 e. The first kappa shape index (κ1) is 19.7. The summed E-state index contributed by atoms with van der Waals surface area (Å²) in [7, 11) is -3.95. The Bertz CT molecular complexity index is 730. The first-order chi connectivity index (χ1) is 12.1. The van der Waals surface area contributed by atoms with Gasteiger partial charge in [-0.3, -0.25) is 4.18 Å². The van der Waals surface area contributed by atoms with Gasteiger partial charge in [-0.1, -0.05) is 17.7 Å². The highest BCUT2D eigenvalue weighted by molar-refractivity contribution is 7.86. The number of hydrogen-bond acceptors (Lipinski definition) is 8. The molecule has 2 N–H and O–H groups in total. The SMILES string of the molecule is Cc1ccc(S(=O)(=O)OCC2O[C@H]([C@H](O)CO)[C@@H]3OC(C)(C)O[C@H]23)cc1. The van der Waals surface area contributed by atoms with Crippen molar-refractivity contribution >= 4 is 10.1 Å². The summed E-state index contributed by atoms with van der Waals surface area (Å²) in [5, 5.41) is 19.2. The smallest absolute Gasteiger partial charge is 0.297 e. The van der Waals surface area contributed by atoms with Gasteiger partial charge in [-0.25, -0.2) is 0 Å². The summed E-state index contributed by atoms with van der Waals surface area (Å²) < 4.78 is 47.1. The molecule has 0 saturated carbocycles. The van der Waals surface area contributed by atoms with Gasteiger partial charge < -0.3 is 24.4 Å². The van der Waals surface area contributed by atoms with Gasteiger partial charge in [0.2, 0.25) is 0 Å². The molecule has 2 heterocycles. The zero-order valence-electron chi connectivity index (χ0n) is 14.9. The number of aliphatic hydroxyl groups excluding tert-OH is 2. The molecule has 0 amide bonds. The van der Waals surface area contributed by atoms with E-state index in [2.05, 4.69) is 0 Å². The molecular weight excluding hydrogens is 364 g/mol. The van der Waals surface area contributed by atoms with Gasteiger partial charge in [-0.15, -0.1) is 0 Å². The van der Waals surface area contributed by atoms with Crippen LogP contribution in [0.3, 0.4) is 0 Å². The first-order valence-electron chi connectivity index (χ1n) is 8.39. The van der Waals surface area contributed by atoms with Crippen LogP contribution in [-0.2, 0) is 28.5 Å². The molecule has 2 saturated heterocycles. The average Bonchev–Trinajstić information content (AvgIpc) is 3.06. The maximum absolute atomic E-state index is 12.4. The third-order valence-corrected chi connectivity index (χ3v) is 5.75. The molecule has 1 aromatic carbocycles. The molecule has 9 heteroatoms. The maximum atomic E-state index is 12.4. The number of ether oxygens (including phenoxy) is 3.